The number of ether oxygens (including phenoxy) is 2. The van der Waals surface area contributed by atoms with Crippen molar-refractivity contribution in [1.29, 1.82) is 0 Å². The van der Waals surface area contributed by atoms with Gasteiger partial charge in [-0.3, -0.25) is 14.4 Å². The predicted octanol–water partition coefficient (Wildman–Crippen LogP) is 3.05. The van der Waals surface area contributed by atoms with Crippen LogP contribution in [0.2, 0.25) is 0 Å². The van der Waals surface area contributed by atoms with Crippen molar-refractivity contribution < 1.29 is 28.2 Å². The Kier molecular flexibility index (Phi) is 7.00. The molecule has 0 atom stereocenters. The average molecular weight is 414 g/mol. The maximum Gasteiger partial charge on any atom is 0.243 e. The number of nitrogens with one attached hydrogen (secondary N) is 1. The molecule has 158 valence electrons. The number of rotatable bonds is 7. The SMILES string of the molecule is CN(CC(=O)Nc1ccc(F)cc1)C(=O)CCC(=O)c1ccc2c(c1)OCCCO2. The molecule has 1 aliphatic heterocycles. The average Bonchev–Trinajstić information content (AvgIpc) is 2.98. The van der Waals surface area contributed by atoms with E-state index in [0.29, 0.717) is 36.0 Å². The number of fused-ring (bicyclic) bond motifs is 1. The van der Waals surface area contributed by atoms with Gasteiger partial charge in [0.25, 0.3) is 0 Å². The van der Waals surface area contributed by atoms with Crippen LogP contribution in [0.1, 0.15) is 29.6 Å². The first-order chi connectivity index (χ1) is 14.4. The molecule has 0 unspecified atom stereocenters. The Morgan fingerprint density at radius 1 is 1.00 bits per heavy atom. The molecule has 2 aromatic rings. The van der Waals surface area contributed by atoms with E-state index in [1.807, 2.05) is 0 Å². The van der Waals surface area contributed by atoms with Crippen LogP contribution in [0.4, 0.5) is 10.1 Å². The van der Waals surface area contributed by atoms with Crippen LogP contribution in [-0.4, -0.2) is 49.3 Å². The van der Waals surface area contributed by atoms with Crippen molar-refractivity contribution in [1.82, 2.24) is 4.90 Å². The maximum absolute atomic E-state index is 12.9. The lowest BCUT2D eigenvalue weighted by Crippen LogP contribution is -2.35. The summed E-state index contributed by atoms with van der Waals surface area (Å²) in [5.74, 6) is -0.202. The largest absolute Gasteiger partial charge is 0.490 e. The van der Waals surface area contributed by atoms with Crippen molar-refractivity contribution in [2.75, 3.05) is 32.1 Å². The molecule has 1 heterocycles. The van der Waals surface area contributed by atoms with Gasteiger partial charge in [-0.2, -0.15) is 0 Å². The lowest BCUT2D eigenvalue weighted by molar-refractivity contribution is -0.133. The van der Waals surface area contributed by atoms with Gasteiger partial charge >= 0.3 is 0 Å². The predicted molar refractivity (Wildman–Crippen MR) is 108 cm³/mol. The van der Waals surface area contributed by atoms with Crippen LogP contribution < -0.4 is 14.8 Å². The van der Waals surface area contributed by atoms with Gasteiger partial charge in [0.2, 0.25) is 11.8 Å². The molecule has 1 N–H and O–H groups in total. The molecule has 0 saturated carbocycles. The Morgan fingerprint density at radius 3 is 2.43 bits per heavy atom. The number of carbonyl (C=O) groups excluding carboxylic acids is 3. The van der Waals surface area contributed by atoms with Crippen LogP contribution in [-0.2, 0) is 9.59 Å². The molecule has 2 aromatic carbocycles. The minimum atomic E-state index is -0.410. The molecule has 0 aromatic heterocycles. The smallest absolute Gasteiger partial charge is 0.243 e. The molecule has 3 rings (SSSR count). The molecular formula is C22H23FN2O5. The van der Waals surface area contributed by atoms with Gasteiger partial charge in [-0.15, -0.1) is 0 Å². The highest BCUT2D eigenvalue weighted by atomic mass is 19.1. The molecule has 0 radical (unpaired) electrons. The summed E-state index contributed by atoms with van der Waals surface area (Å²) in [4.78, 5) is 38.0. The molecule has 1 aliphatic rings. The minimum absolute atomic E-state index is 0.0163. The number of anilines is 1. The molecule has 0 spiro atoms. The number of hydrogen-bond acceptors (Lipinski definition) is 5. The van der Waals surface area contributed by atoms with Crippen LogP contribution in [0.15, 0.2) is 42.5 Å². The molecule has 2 amide bonds. The monoisotopic (exact) mass is 414 g/mol. The van der Waals surface area contributed by atoms with E-state index < -0.39 is 11.7 Å². The number of ketones is 1. The molecule has 0 saturated heterocycles. The van der Waals surface area contributed by atoms with Crippen molar-refractivity contribution in [3.8, 4) is 11.5 Å². The number of likely N-dealkylation sites (N-methyl/N-ethyl adjacent to an activating group) is 1. The van der Waals surface area contributed by atoms with Crippen LogP contribution in [0.5, 0.6) is 11.5 Å². The summed E-state index contributed by atoms with van der Waals surface area (Å²) in [6, 6.07) is 10.3. The van der Waals surface area contributed by atoms with Gasteiger partial charge < -0.3 is 19.7 Å². The molecule has 0 aliphatic carbocycles. The molecule has 0 bridgehead atoms. The van der Waals surface area contributed by atoms with Crippen molar-refractivity contribution in [2.45, 2.75) is 19.3 Å². The van der Waals surface area contributed by atoms with E-state index in [0.717, 1.165) is 6.42 Å². The third kappa shape index (κ3) is 5.79. The minimum Gasteiger partial charge on any atom is -0.490 e. The maximum atomic E-state index is 12.9. The van der Waals surface area contributed by atoms with Crippen LogP contribution in [0, 0.1) is 5.82 Å². The van der Waals surface area contributed by atoms with E-state index in [1.54, 1.807) is 18.2 Å². The van der Waals surface area contributed by atoms with E-state index in [4.69, 9.17) is 9.47 Å². The van der Waals surface area contributed by atoms with Gasteiger partial charge in [0.05, 0.1) is 19.8 Å². The zero-order chi connectivity index (χ0) is 21.5. The molecule has 0 fully saturated rings. The Bertz CT molecular complexity index is 930. The first kappa shape index (κ1) is 21.3. The summed E-state index contributed by atoms with van der Waals surface area (Å²) in [5, 5.41) is 2.59. The number of benzene rings is 2. The van der Waals surface area contributed by atoms with Crippen LogP contribution >= 0.6 is 0 Å². The molecule has 7 nitrogen and oxygen atoms in total. The normalized spacial score (nSPS) is 12.6. The third-order valence-electron chi connectivity index (χ3n) is 4.57. The summed E-state index contributed by atoms with van der Waals surface area (Å²) < 4.78 is 24.0. The van der Waals surface area contributed by atoms with Crippen molar-refractivity contribution in [3.05, 3.63) is 53.8 Å². The molecule has 8 heteroatoms. The highest BCUT2D eigenvalue weighted by molar-refractivity contribution is 5.99. The second-order valence-corrected chi connectivity index (χ2v) is 6.94. The number of carbonyl (C=O) groups is 3. The van der Waals surface area contributed by atoms with E-state index in [2.05, 4.69) is 5.32 Å². The van der Waals surface area contributed by atoms with Crippen molar-refractivity contribution in [2.24, 2.45) is 0 Å². The number of nitrogens with zero attached hydrogens (tertiary/aromatic N) is 1. The van der Waals surface area contributed by atoms with Crippen LogP contribution in [0.25, 0.3) is 0 Å². The summed E-state index contributed by atoms with van der Waals surface area (Å²) in [7, 11) is 1.49. The second-order valence-electron chi connectivity index (χ2n) is 6.94. The lowest BCUT2D eigenvalue weighted by atomic mass is 10.1. The molecule has 30 heavy (non-hydrogen) atoms. The van der Waals surface area contributed by atoms with Gasteiger partial charge in [0.1, 0.15) is 5.82 Å². The quantitative estimate of drug-likeness (QED) is 0.704. The Morgan fingerprint density at radius 2 is 1.70 bits per heavy atom. The van der Waals surface area contributed by atoms with E-state index in [-0.39, 0.29) is 31.1 Å². The van der Waals surface area contributed by atoms with Crippen molar-refractivity contribution >= 4 is 23.3 Å². The number of halogens is 1. The van der Waals surface area contributed by atoms with Gasteiger partial charge in [-0.05, 0) is 42.5 Å². The summed E-state index contributed by atoms with van der Waals surface area (Å²) in [5.41, 5.74) is 0.885. The van der Waals surface area contributed by atoms with Crippen molar-refractivity contribution in [3.63, 3.8) is 0 Å². The Labute approximate surface area is 173 Å². The van der Waals surface area contributed by atoms with Gasteiger partial charge in [-0.25, -0.2) is 4.39 Å². The number of hydrogen-bond donors (Lipinski definition) is 1. The summed E-state index contributed by atoms with van der Waals surface area (Å²) in [6.07, 6.45) is 0.767. The van der Waals surface area contributed by atoms with E-state index >= 15 is 0 Å². The number of amides is 2. The summed E-state index contributed by atoms with van der Waals surface area (Å²) in [6.45, 7) is 0.915. The number of Topliss-reactive ketones (excluding diaryl/α,β-unsaturated/α-hetero) is 1. The zero-order valence-corrected chi connectivity index (χ0v) is 16.7. The Hall–Kier alpha value is -3.42. The van der Waals surface area contributed by atoms with Gasteiger partial charge in [0.15, 0.2) is 17.3 Å². The highest BCUT2D eigenvalue weighted by Crippen LogP contribution is 2.30. The van der Waals surface area contributed by atoms with Gasteiger partial charge in [0, 0.05) is 37.6 Å². The first-order valence-corrected chi connectivity index (χ1v) is 9.64. The third-order valence-corrected chi connectivity index (χ3v) is 4.57. The topological polar surface area (TPSA) is 84.9 Å². The van der Waals surface area contributed by atoms with Crippen LogP contribution in [0.3, 0.4) is 0 Å². The second kappa shape index (κ2) is 9.87. The summed E-state index contributed by atoms with van der Waals surface area (Å²) >= 11 is 0. The lowest BCUT2D eigenvalue weighted by Gasteiger charge is -2.17. The zero-order valence-electron chi connectivity index (χ0n) is 16.7. The van der Waals surface area contributed by atoms with E-state index in [9.17, 15) is 18.8 Å². The fourth-order valence-corrected chi connectivity index (χ4v) is 2.93. The molecular weight excluding hydrogens is 391 g/mol. The standard InChI is InChI=1S/C22H23FN2O5/c1-25(14-21(27)24-17-6-4-16(23)5-7-17)22(28)10-8-18(26)15-3-9-19-20(13-15)30-12-2-11-29-19/h3-7,9,13H,2,8,10-12,14H2,1H3,(H,24,27). The van der Waals surface area contributed by atoms with Gasteiger partial charge in [-0.1, -0.05) is 0 Å². The Balaban J connectivity index is 1.48. The first-order valence-electron chi connectivity index (χ1n) is 9.64. The fraction of sp³-hybridized carbons (Fsp3) is 0.318. The fourth-order valence-electron chi connectivity index (χ4n) is 2.93. The highest BCUT2D eigenvalue weighted by Gasteiger charge is 2.17. The van der Waals surface area contributed by atoms with E-state index in [1.165, 1.54) is 36.2 Å².